The summed E-state index contributed by atoms with van der Waals surface area (Å²) < 4.78 is 48.3. The Morgan fingerprint density at radius 1 is 0.800 bits per heavy atom. The molecule has 0 radical (unpaired) electrons. The highest BCUT2D eigenvalue weighted by Crippen LogP contribution is 2.37. The predicted molar refractivity (Wildman–Crippen MR) is 133 cm³/mol. The molecule has 0 spiro atoms. The van der Waals surface area contributed by atoms with Crippen molar-refractivity contribution in [2.75, 3.05) is 13.4 Å². The summed E-state index contributed by atoms with van der Waals surface area (Å²) in [6.07, 6.45) is 1.89. The molecule has 5 nitrogen and oxygen atoms in total. The Morgan fingerprint density at radius 3 is 2.00 bits per heavy atom. The lowest BCUT2D eigenvalue weighted by Gasteiger charge is -2.26. The van der Waals surface area contributed by atoms with Gasteiger partial charge >= 0.3 is 0 Å². The molecule has 10 heteroatoms. The molecule has 0 unspecified atom stereocenters. The minimum atomic E-state index is -0.945. The van der Waals surface area contributed by atoms with Crippen LogP contribution in [0.25, 0.3) is 22.5 Å². The Morgan fingerprint density at radius 2 is 1.40 bits per heavy atom. The van der Waals surface area contributed by atoms with E-state index in [4.69, 9.17) is 9.72 Å². The molecule has 0 bridgehead atoms. The first kappa shape index (κ1) is 25.1. The quantitative estimate of drug-likeness (QED) is 0.190. The van der Waals surface area contributed by atoms with Gasteiger partial charge in [0, 0.05) is 22.4 Å². The van der Waals surface area contributed by atoms with Crippen LogP contribution >= 0.6 is 27.7 Å². The molecule has 0 atom stereocenters. The van der Waals surface area contributed by atoms with E-state index in [0.717, 1.165) is 11.0 Å². The largest absolute Gasteiger partial charge is 0.497 e. The van der Waals surface area contributed by atoms with Gasteiger partial charge in [-0.1, -0.05) is 0 Å². The zero-order valence-electron chi connectivity index (χ0n) is 19.2. The van der Waals surface area contributed by atoms with E-state index < -0.39 is 23.3 Å². The number of hydrogen-bond donors (Lipinski definition) is 0. The third kappa shape index (κ3) is 5.18. The number of ether oxygens (including phenoxy) is 1. The van der Waals surface area contributed by atoms with Crippen LogP contribution in [0.15, 0.2) is 58.0 Å². The normalized spacial score (nSPS) is 11.5. The van der Waals surface area contributed by atoms with Crippen molar-refractivity contribution in [3.63, 3.8) is 0 Å². The predicted octanol–water partition coefficient (Wildman–Crippen LogP) is 6.84. The van der Waals surface area contributed by atoms with Crippen LogP contribution in [0.5, 0.6) is 5.75 Å². The summed E-state index contributed by atoms with van der Waals surface area (Å²) in [5, 5.41) is 0. The number of thioether (sulfide) groups is 1. The lowest BCUT2D eigenvalue weighted by atomic mass is 9.84. The number of hydrogen-bond acceptors (Lipinski definition) is 6. The molecule has 0 fully saturated rings. The van der Waals surface area contributed by atoms with Crippen molar-refractivity contribution in [3.05, 3.63) is 82.4 Å². The molecule has 0 aliphatic heterocycles. The topological polar surface area (TPSA) is 60.8 Å². The fourth-order valence-corrected chi connectivity index (χ4v) is 4.25. The highest BCUT2D eigenvalue weighted by atomic mass is 79.9. The van der Waals surface area contributed by atoms with Crippen molar-refractivity contribution in [1.82, 2.24) is 19.9 Å². The Labute approximate surface area is 213 Å². The van der Waals surface area contributed by atoms with Crippen molar-refractivity contribution in [1.29, 1.82) is 0 Å². The molecule has 0 aliphatic rings. The van der Waals surface area contributed by atoms with E-state index in [-0.39, 0.29) is 11.1 Å². The van der Waals surface area contributed by atoms with Crippen LogP contribution in [0.3, 0.4) is 0 Å². The maximum Gasteiger partial charge on any atom is 0.224 e. The monoisotopic (exact) mass is 560 g/mol. The fourth-order valence-electron chi connectivity index (χ4n) is 3.50. The summed E-state index contributed by atoms with van der Waals surface area (Å²) in [4.78, 5) is 17.3. The number of pyridine rings is 4. The zero-order valence-corrected chi connectivity index (χ0v) is 21.6. The second kappa shape index (κ2) is 9.94. The van der Waals surface area contributed by atoms with E-state index in [1.807, 2.05) is 26.2 Å². The first-order valence-corrected chi connectivity index (χ1v) is 12.4. The fraction of sp³-hybridized carbons (Fsp3) is 0.200. The van der Waals surface area contributed by atoms with E-state index in [2.05, 4.69) is 30.9 Å². The number of rotatable bonds is 6. The van der Waals surface area contributed by atoms with Gasteiger partial charge in [-0.25, -0.2) is 4.98 Å². The summed E-state index contributed by atoms with van der Waals surface area (Å²) >= 11 is 4.62. The van der Waals surface area contributed by atoms with E-state index in [9.17, 15) is 13.2 Å². The maximum atomic E-state index is 14.6. The van der Waals surface area contributed by atoms with Gasteiger partial charge in [-0.3, -0.25) is 9.97 Å². The van der Waals surface area contributed by atoms with Crippen molar-refractivity contribution in [2.24, 2.45) is 0 Å². The maximum absolute atomic E-state index is 14.6. The van der Waals surface area contributed by atoms with Crippen molar-refractivity contribution in [2.45, 2.75) is 24.2 Å². The van der Waals surface area contributed by atoms with Crippen molar-refractivity contribution in [3.8, 4) is 28.3 Å². The van der Waals surface area contributed by atoms with Crippen LogP contribution in [0.2, 0.25) is 0 Å². The Bertz CT molecular complexity index is 1310. The lowest BCUT2D eigenvalue weighted by Crippen LogP contribution is -2.23. The Kier molecular flexibility index (Phi) is 7.14. The van der Waals surface area contributed by atoms with E-state index in [1.165, 1.54) is 24.9 Å². The average Bonchev–Trinajstić information content (AvgIpc) is 2.83. The SMILES string of the molecule is COc1cc(-c2ccc(Br)nc2F)nc(C(C)(C)c2cc(SC)cc(-c3ccc(F)nc3F)n2)c1. The second-order valence-electron chi connectivity index (χ2n) is 8.12. The molecule has 0 saturated heterocycles. The van der Waals surface area contributed by atoms with E-state index in [1.54, 1.807) is 30.3 Å². The van der Waals surface area contributed by atoms with Crippen LogP contribution in [-0.2, 0) is 5.41 Å². The van der Waals surface area contributed by atoms with E-state index in [0.29, 0.717) is 33.1 Å². The zero-order chi connectivity index (χ0) is 25.3. The van der Waals surface area contributed by atoms with Crippen LogP contribution in [0.1, 0.15) is 25.2 Å². The number of aromatic nitrogens is 4. The Balaban J connectivity index is 1.87. The van der Waals surface area contributed by atoms with Gasteiger partial charge in [-0.15, -0.1) is 11.8 Å². The number of halogens is 4. The third-order valence-corrected chi connectivity index (χ3v) is 6.68. The summed E-state index contributed by atoms with van der Waals surface area (Å²) in [7, 11) is 1.51. The van der Waals surface area contributed by atoms with Gasteiger partial charge in [-0.2, -0.15) is 18.2 Å². The molecule has 0 aromatic carbocycles. The molecule has 4 aromatic rings. The standard InChI is InChI=1S/C25H20BrF3N4OS/c1-25(2,19-10-13(34-3)9-17(30-19)15-5-7-21(26)32-23(15)28)20-12-14(35-4)11-18(31-20)16-6-8-22(27)33-24(16)29/h5-12H,1-4H3. The average molecular weight is 561 g/mol. The summed E-state index contributed by atoms with van der Waals surface area (Å²) in [5.74, 6) is -2.04. The van der Waals surface area contributed by atoms with E-state index >= 15 is 0 Å². The molecule has 0 saturated carbocycles. The van der Waals surface area contributed by atoms with Crippen LogP contribution in [0, 0.1) is 17.8 Å². The smallest absolute Gasteiger partial charge is 0.224 e. The first-order chi connectivity index (χ1) is 16.6. The molecular weight excluding hydrogens is 541 g/mol. The van der Waals surface area contributed by atoms with Gasteiger partial charge in [0.15, 0.2) is 0 Å². The van der Waals surface area contributed by atoms with Gasteiger partial charge in [0.05, 0.1) is 41.0 Å². The summed E-state index contributed by atoms with van der Waals surface area (Å²) in [6.45, 7) is 3.81. The number of methoxy groups -OCH3 is 1. The van der Waals surface area contributed by atoms with Crippen LogP contribution < -0.4 is 4.74 Å². The molecule has 0 N–H and O–H groups in total. The van der Waals surface area contributed by atoms with Crippen LogP contribution in [0.4, 0.5) is 13.2 Å². The highest BCUT2D eigenvalue weighted by Gasteiger charge is 2.29. The molecule has 4 rings (SSSR count). The van der Waals surface area contributed by atoms with Crippen molar-refractivity contribution < 1.29 is 17.9 Å². The molecule has 180 valence electrons. The first-order valence-electron chi connectivity index (χ1n) is 10.4. The van der Waals surface area contributed by atoms with Crippen LogP contribution in [-0.4, -0.2) is 33.3 Å². The third-order valence-electron chi connectivity index (χ3n) is 5.53. The molecule has 0 aliphatic carbocycles. The minimum absolute atomic E-state index is 0.0849. The highest BCUT2D eigenvalue weighted by molar-refractivity contribution is 9.10. The summed E-state index contributed by atoms with van der Waals surface area (Å²) in [6, 6.07) is 12.6. The molecular formula is C25H20BrF3N4OS. The molecule has 0 amide bonds. The van der Waals surface area contributed by atoms with Crippen molar-refractivity contribution >= 4 is 27.7 Å². The Hall–Kier alpha value is -2.98. The molecule has 35 heavy (non-hydrogen) atoms. The molecule has 4 aromatic heterocycles. The van der Waals surface area contributed by atoms with Gasteiger partial charge in [-0.05, 0) is 72.4 Å². The lowest BCUT2D eigenvalue weighted by molar-refractivity contribution is 0.412. The minimum Gasteiger partial charge on any atom is -0.497 e. The van der Waals surface area contributed by atoms with Gasteiger partial charge in [0.2, 0.25) is 17.8 Å². The number of nitrogens with zero attached hydrogens (tertiary/aromatic N) is 4. The van der Waals surface area contributed by atoms with Gasteiger partial charge in [0.1, 0.15) is 10.4 Å². The second-order valence-corrected chi connectivity index (χ2v) is 9.82. The van der Waals surface area contributed by atoms with Gasteiger partial charge < -0.3 is 4.74 Å². The summed E-state index contributed by atoms with van der Waals surface area (Å²) in [5.41, 5.74) is 1.31. The molecule has 4 heterocycles. The van der Waals surface area contributed by atoms with Gasteiger partial charge in [0.25, 0.3) is 0 Å².